The smallest absolute Gasteiger partial charge is 0.189 e. The minimum Gasteiger partial charge on any atom is -0.361 e. The van der Waals surface area contributed by atoms with Crippen LogP contribution in [0.5, 0.6) is 0 Å². The van der Waals surface area contributed by atoms with Crippen LogP contribution >= 0.6 is 12.2 Å². The summed E-state index contributed by atoms with van der Waals surface area (Å²) in [7, 11) is 0. The maximum atomic E-state index is 7.15. The van der Waals surface area contributed by atoms with Gasteiger partial charge in [-0.15, -0.1) is 0 Å². The zero-order valence-corrected chi connectivity index (χ0v) is 7.61. The first kappa shape index (κ1) is 8.07. The normalized spacial score (nSPS) is 10.2. The van der Waals surface area contributed by atoms with Gasteiger partial charge in [0, 0.05) is 22.8 Å². The molecule has 0 bridgehead atoms. The molecule has 1 aromatic heterocycles. The summed E-state index contributed by atoms with van der Waals surface area (Å²) in [4.78, 5) is 3.09. The highest BCUT2D eigenvalue weighted by molar-refractivity contribution is 7.80. The summed E-state index contributed by atoms with van der Waals surface area (Å²) >= 11 is 4.66. The van der Waals surface area contributed by atoms with Gasteiger partial charge in [0.15, 0.2) is 5.11 Å². The number of fused-ring (bicyclic) bond motifs is 1. The SMILES string of the molecule is [NH]C(=S)Nc1cccc2[nH]ccc12. The number of anilines is 1. The van der Waals surface area contributed by atoms with Crippen LogP contribution in [-0.4, -0.2) is 10.1 Å². The van der Waals surface area contributed by atoms with Crippen LogP contribution in [0.1, 0.15) is 0 Å². The molecule has 0 aliphatic rings. The number of rotatable bonds is 1. The molecule has 2 rings (SSSR count). The van der Waals surface area contributed by atoms with Crippen LogP contribution in [0.25, 0.3) is 10.9 Å². The third kappa shape index (κ3) is 1.48. The van der Waals surface area contributed by atoms with Crippen LogP contribution in [0.4, 0.5) is 5.69 Å². The summed E-state index contributed by atoms with van der Waals surface area (Å²) in [6.07, 6.45) is 1.86. The third-order valence-corrected chi connectivity index (χ3v) is 1.95. The predicted molar refractivity (Wildman–Crippen MR) is 57.6 cm³/mol. The molecular weight excluding hydrogens is 182 g/mol. The van der Waals surface area contributed by atoms with Crippen molar-refractivity contribution in [2.45, 2.75) is 0 Å². The lowest BCUT2D eigenvalue weighted by atomic mass is 10.2. The van der Waals surface area contributed by atoms with Crippen LogP contribution in [0.3, 0.4) is 0 Å². The second-order valence-corrected chi connectivity index (χ2v) is 3.11. The van der Waals surface area contributed by atoms with Crippen molar-refractivity contribution in [1.29, 1.82) is 0 Å². The van der Waals surface area contributed by atoms with Crippen molar-refractivity contribution in [1.82, 2.24) is 10.7 Å². The standard InChI is InChI=1S/C9H8N3S/c10-9(13)12-8-3-1-2-7-6(8)4-5-11-7/h1-5,10-11H,(H,12,13). The molecule has 0 amide bonds. The molecule has 65 valence electrons. The first-order valence-electron chi connectivity index (χ1n) is 3.86. The molecule has 4 heteroatoms. The molecule has 3 N–H and O–H groups in total. The van der Waals surface area contributed by atoms with E-state index in [-0.39, 0.29) is 5.11 Å². The molecule has 2 aromatic rings. The maximum absolute atomic E-state index is 7.15. The van der Waals surface area contributed by atoms with Gasteiger partial charge < -0.3 is 10.3 Å². The number of H-pyrrole nitrogens is 1. The van der Waals surface area contributed by atoms with Gasteiger partial charge >= 0.3 is 0 Å². The second-order valence-electron chi connectivity index (χ2n) is 2.70. The molecule has 1 radical (unpaired) electrons. The van der Waals surface area contributed by atoms with Gasteiger partial charge in [0.25, 0.3) is 0 Å². The molecule has 0 aliphatic heterocycles. The molecule has 0 atom stereocenters. The van der Waals surface area contributed by atoms with Crippen molar-refractivity contribution in [2.24, 2.45) is 0 Å². The molecular formula is C9H8N3S. The fourth-order valence-electron chi connectivity index (χ4n) is 1.32. The van der Waals surface area contributed by atoms with E-state index in [1.807, 2.05) is 30.5 Å². The Morgan fingerprint density at radius 1 is 1.38 bits per heavy atom. The largest absolute Gasteiger partial charge is 0.361 e. The molecule has 0 spiro atoms. The van der Waals surface area contributed by atoms with Gasteiger partial charge in [-0.1, -0.05) is 6.07 Å². The Labute approximate surface area is 80.9 Å². The Morgan fingerprint density at radius 3 is 3.00 bits per heavy atom. The average Bonchev–Trinajstić information content (AvgIpc) is 2.51. The molecule has 0 aliphatic carbocycles. The van der Waals surface area contributed by atoms with Gasteiger partial charge in [0.2, 0.25) is 0 Å². The highest BCUT2D eigenvalue weighted by atomic mass is 32.1. The minimum atomic E-state index is 0.0358. The van der Waals surface area contributed by atoms with E-state index >= 15 is 0 Å². The van der Waals surface area contributed by atoms with Crippen molar-refractivity contribution in [3.8, 4) is 0 Å². The van der Waals surface area contributed by atoms with Crippen molar-refractivity contribution < 1.29 is 0 Å². The van der Waals surface area contributed by atoms with Gasteiger partial charge in [-0.25, -0.2) is 0 Å². The fraction of sp³-hybridized carbons (Fsp3) is 0. The summed E-state index contributed by atoms with van der Waals surface area (Å²) in [6, 6.07) is 7.75. The number of thiocarbonyl (C=S) groups is 1. The third-order valence-electron chi connectivity index (χ3n) is 1.84. The van der Waals surface area contributed by atoms with Crippen molar-refractivity contribution >= 4 is 33.9 Å². The Hall–Kier alpha value is -1.55. The van der Waals surface area contributed by atoms with Crippen LogP contribution in [0, 0.1) is 0 Å². The van der Waals surface area contributed by atoms with Crippen LogP contribution in [-0.2, 0) is 0 Å². The molecule has 1 heterocycles. The van der Waals surface area contributed by atoms with Gasteiger partial charge in [-0.05, 0) is 30.4 Å². The van der Waals surface area contributed by atoms with E-state index in [4.69, 9.17) is 5.73 Å². The zero-order valence-electron chi connectivity index (χ0n) is 6.79. The van der Waals surface area contributed by atoms with Crippen molar-refractivity contribution in [2.75, 3.05) is 5.32 Å². The predicted octanol–water partition coefficient (Wildman–Crippen LogP) is 2.15. The molecule has 0 unspecified atom stereocenters. The molecule has 0 saturated heterocycles. The number of hydrogen-bond donors (Lipinski definition) is 2. The fourth-order valence-corrected chi connectivity index (χ4v) is 1.43. The zero-order chi connectivity index (χ0) is 9.26. The summed E-state index contributed by atoms with van der Waals surface area (Å²) in [6.45, 7) is 0. The lowest BCUT2D eigenvalue weighted by Gasteiger charge is -2.03. The van der Waals surface area contributed by atoms with E-state index in [2.05, 4.69) is 22.5 Å². The van der Waals surface area contributed by atoms with Gasteiger partial charge in [-0.2, -0.15) is 0 Å². The quantitative estimate of drug-likeness (QED) is 0.677. The number of benzene rings is 1. The van der Waals surface area contributed by atoms with E-state index in [1.165, 1.54) is 0 Å². The van der Waals surface area contributed by atoms with E-state index < -0.39 is 0 Å². The van der Waals surface area contributed by atoms with E-state index in [9.17, 15) is 0 Å². The number of hydrogen-bond acceptors (Lipinski definition) is 1. The molecule has 0 fully saturated rings. The Kier molecular flexibility index (Phi) is 1.90. The lowest BCUT2D eigenvalue weighted by molar-refractivity contribution is 1.48. The van der Waals surface area contributed by atoms with Crippen molar-refractivity contribution in [3.63, 3.8) is 0 Å². The first-order valence-corrected chi connectivity index (χ1v) is 4.27. The molecule has 1 aromatic carbocycles. The number of aromatic amines is 1. The van der Waals surface area contributed by atoms with Gasteiger partial charge in [-0.3, -0.25) is 5.73 Å². The van der Waals surface area contributed by atoms with E-state index in [0.29, 0.717) is 0 Å². The topological polar surface area (TPSA) is 51.6 Å². The van der Waals surface area contributed by atoms with Gasteiger partial charge in [0.1, 0.15) is 0 Å². The highest BCUT2D eigenvalue weighted by Crippen LogP contribution is 2.21. The summed E-state index contributed by atoms with van der Waals surface area (Å²) in [5.41, 5.74) is 9.07. The summed E-state index contributed by atoms with van der Waals surface area (Å²) in [5.74, 6) is 0. The van der Waals surface area contributed by atoms with Crippen LogP contribution in [0.2, 0.25) is 0 Å². The van der Waals surface area contributed by atoms with Crippen LogP contribution in [0.15, 0.2) is 30.5 Å². The van der Waals surface area contributed by atoms with E-state index in [0.717, 1.165) is 16.6 Å². The van der Waals surface area contributed by atoms with Gasteiger partial charge in [0.05, 0.1) is 0 Å². The summed E-state index contributed by atoms with van der Waals surface area (Å²) in [5, 5.41) is 3.90. The number of nitrogens with one attached hydrogen (secondary N) is 3. The lowest BCUT2D eigenvalue weighted by Crippen LogP contribution is -2.08. The maximum Gasteiger partial charge on any atom is 0.189 e. The summed E-state index contributed by atoms with van der Waals surface area (Å²) < 4.78 is 0. The Balaban J connectivity index is 2.54. The second kappa shape index (κ2) is 3.06. The monoisotopic (exact) mass is 190 g/mol. The number of aromatic nitrogens is 1. The molecule has 3 nitrogen and oxygen atoms in total. The minimum absolute atomic E-state index is 0.0358. The molecule has 13 heavy (non-hydrogen) atoms. The van der Waals surface area contributed by atoms with Crippen molar-refractivity contribution in [3.05, 3.63) is 30.5 Å². The first-order chi connectivity index (χ1) is 6.27. The van der Waals surface area contributed by atoms with Crippen LogP contribution < -0.4 is 11.1 Å². The van der Waals surface area contributed by atoms with E-state index in [1.54, 1.807) is 0 Å². The molecule has 0 saturated carbocycles. The Bertz CT molecular complexity index is 447. The average molecular weight is 190 g/mol. The highest BCUT2D eigenvalue weighted by Gasteiger charge is 2.00. The Morgan fingerprint density at radius 2 is 2.23 bits per heavy atom.